The molecular weight excluding hydrogens is 234 g/mol. The van der Waals surface area contributed by atoms with Crippen molar-refractivity contribution in [3.8, 4) is 0 Å². The summed E-state index contributed by atoms with van der Waals surface area (Å²) < 4.78 is 22.6. The molecule has 0 heterocycles. The first-order valence-electron chi connectivity index (χ1n) is 6.46. The number of hydrogen-bond acceptors (Lipinski definition) is 3. The Morgan fingerprint density at radius 3 is 1.82 bits per heavy atom. The first-order valence-corrected chi connectivity index (χ1v) is 8.52. The zero-order valence-electron chi connectivity index (χ0n) is 12.3. The van der Waals surface area contributed by atoms with Crippen molar-refractivity contribution < 1.29 is 8.42 Å². The Morgan fingerprint density at radius 1 is 1.06 bits per heavy atom. The topological polar surface area (TPSA) is 46.2 Å². The minimum absolute atomic E-state index is 0.0840. The summed E-state index contributed by atoms with van der Waals surface area (Å²) in [5.74, 6) is 0.292. The summed E-state index contributed by atoms with van der Waals surface area (Å²) in [4.78, 5) is 0. The molecule has 1 N–H and O–H groups in total. The second kappa shape index (κ2) is 6.19. The van der Waals surface area contributed by atoms with Gasteiger partial charge >= 0.3 is 0 Å². The van der Waals surface area contributed by atoms with E-state index in [1.54, 1.807) is 0 Å². The fourth-order valence-corrected chi connectivity index (χ4v) is 2.60. The molecule has 0 rings (SSSR count). The number of nitrogens with one attached hydrogen (secondary N) is 1. The van der Waals surface area contributed by atoms with E-state index in [4.69, 9.17) is 0 Å². The van der Waals surface area contributed by atoms with Crippen molar-refractivity contribution >= 4 is 9.84 Å². The molecule has 0 spiro atoms. The predicted octanol–water partition coefficient (Wildman–Crippen LogP) is 2.62. The predicted molar refractivity (Wildman–Crippen MR) is 75.1 cm³/mol. The lowest BCUT2D eigenvalue weighted by Gasteiger charge is -2.35. The van der Waals surface area contributed by atoms with Crippen LogP contribution < -0.4 is 5.32 Å². The molecule has 3 nitrogen and oxygen atoms in total. The zero-order chi connectivity index (χ0) is 13.7. The van der Waals surface area contributed by atoms with Gasteiger partial charge in [-0.15, -0.1) is 0 Å². The summed E-state index contributed by atoms with van der Waals surface area (Å²) in [6, 6.07) is 0. The third-order valence-electron chi connectivity index (χ3n) is 3.50. The van der Waals surface area contributed by atoms with Crippen molar-refractivity contribution in [2.45, 2.75) is 59.4 Å². The Morgan fingerprint density at radius 2 is 1.53 bits per heavy atom. The van der Waals surface area contributed by atoms with Gasteiger partial charge in [0.25, 0.3) is 0 Å². The Hall–Kier alpha value is -0.0900. The molecule has 0 aliphatic rings. The molecule has 0 aliphatic carbocycles. The van der Waals surface area contributed by atoms with Gasteiger partial charge in [-0.1, -0.05) is 13.8 Å². The van der Waals surface area contributed by atoms with E-state index < -0.39 is 9.84 Å². The van der Waals surface area contributed by atoms with Crippen LogP contribution in [0.1, 0.15) is 53.9 Å². The van der Waals surface area contributed by atoms with E-state index in [-0.39, 0.29) is 11.0 Å². The third kappa shape index (κ3) is 7.77. The fraction of sp³-hybridized carbons (Fsp3) is 1.00. The SMILES string of the molecule is CCC(CC)(CCS(C)(=O)=O)CNC(C)(C)C. The van der Waals surface area contributed by atoms with Gasteiger partial charge in [-0.2, -0.15) is 0 Å². The number of rotatable bonds is 7. The highest BCUT2D eigenvalue weighted by molar-refractivity contribution is 7.90. The molecular formula is C13H29NO2S. The van der Waals surface area contributed by atoms with E-state index in [0.717, 1.165) is 25.8 Å². The summed E-state index contributed by atoms with van der Waals surface area (Å²) in [7, 11) is -2.86. The molecule has 0 amide bonds. The van der Waals surface area contributed by atoms with Crippen molar-refractivity contribution in [2.24, 2.45) is 5.41 Å². The molecule has 17 heavy (non-hydrogen) atoms. The average Bonchev–Trinajstić information content (AvgIpc) is 2.16. The maximum atomic E-state index is 11.3. The summed E-state index contributed by atoms with van der Waals surface area (Å²) in [5, 5.41) is 3.51. The van der Waals surface area contributed by atoms with Gasteiger partial charge in [0.2, 0.25) is 0 Å². The van der Waals surface area contributed by atoms with Gasteiger partial charge in [0, 0.05) is 18.3 Å². The normalized spacial score (nSPS) is 14.0. The lowest BCUT2D eigenvalue weighted by Crippen LogP contribution is -2.44. The average molecular weight is 263 g/mol. The molecule has 0 aromatic heterocycles. The van der Waals surface area contributed by atoms with Crippen molar-refractivity contribution in [1.29, 1.82) is 0 Å². The highest BCUT2D eigenvalue weighted by atomic mass is 32.2. The highest BCUT2D eigenvalue weighted by Crippen LogP contribution is 2.30. The number of sulfone groups is 1. The molecule has 0 bridgehead atoms. The van der Waals surface area contributed by atoms with E-state index in [0.29, 0.717) is 5.75 Å². The van der Waals surface area contributed by atoms with Gasteiger partial charge in [0.05, 0.1) is 5.75 Å². The number of hydrogen-bond donors (Lipinski definition) is 1. The second-order valence-corrected chi connectivity index (χ2v) is 8.45. The molecule has 0 saturated heterocycles. The van der Waals surface area contributed by atoms with Crippen LogP contribution in [0.15, 0.2) is 0 Å². The van der Waals surface area contributed by atoms with Crippen molar-refractivity contribution in [2.75, 3.05) is 18.6 Å². The van der Waals surface area contributed by atoms with Crippen LogP contribution in [0.3, 0.4) is 0 Å². The van der Waals surface area contributed by atoms with Gasteiger partial charge in [0.15, 0.2) is 0 Å². The summed E-state index contributed by atoms with van der Waals surface area (Å²) in [5.41, 5.74) is 0.192. The van der Waals surface area contributed by atoms with Crippen LogP contribution in [-0.2, 0) is 9.84 Å². The fourth-order valence-electron chi connectivity index (χ4n) is 1.80. The first kappa shape index (κ1) is 16.9. The van der Waals surface area contributed by atoms with Crippen LogP contribution in [-0.4, -0.2) is 32.5 Å². The highest BCUT2D eigenvalue weighted by Gasteiger charge is 2.28. The first-order chi connectivity index (χ1) is 7.54. The Labute approximate surface area is 107 Å². The maximum absolute atomic E-state index is 11.3. The van der Waals surface area contributed by atoms with Gasteiger partial charge in [-0.3, -0.25) is 0 Å². The Balaban J connectivity index is 4.56. The molecule has 4 heteroatoms. The van der Waals surface area contributed by atoms with Crippen LogP contribution in [0.5, 0.6) is 0 Å². The molecule has 0 aromatic rings. The summed E-state index contributed by atoms with van der Waals surface area (Å²) in [6.07, 6.45) is 4.10. The van der Waals surface area contributed by atoms with Crippen LogP contribution in [0.4, 0.5) is 0 Å². The Kier molecular flexibility index (Phi) is 6.15. The molecule has 104 valence electrons. The molecule has 0 fully saturated rings. The van der Waals surface area contributed by atoms with Crippen LogP contribution >= 0.6 is 0 Å². The summed E-state index contributed by atoms with van der Waals surface area (Å²) in [6.45, 7) is 11.6. The second-order valence-electron chi connectivity index (χ2n) is 6.19. The standard InChI is InChI=1S/C13H29NO2S/c1-7-13(8-2,9-10-17(6,15)16)11-14-12(3,4)5/h14H,7-11H2,1-6H3. The minimum atomic E-state index is -2.86. The monoisotopic (exact) mass is 263 g/mol. The summed E-state index contributed by atoms with van der Waals surface area (Å²) >= 11 is 0. The largest absolute Gasteiger partial charge is 0.312 e. The van der Waals surface area contributed by atoms with Crippen molar-refractivity contribution in [3.05, 3.63) is 0 Å². The molecule has 0 saturated carbocycles. The van der Waals surface area contributed by atoms with Gasteiger partial charge < -0.3 is 5.32 Å². The smallest absolute Gasteiger partial charge is 0.147 e. The van der Waals surface area contributed by atoms with Crippen LogP contribution in [0.25, 0.3) is 0 Å². The van der Waals surface area contributed by atoms with E-state index in [1.807, 2.05) is 0 Å². The van der Waals surface area contributed by atoms with Gasteiger partial charge in [-0.25, -0.2) is 8.42 Å². The third-order valence-corrected chi connectivity index (χ3v) is 4.44. The zero-order valence-corrected chi connectivity index (χ0v) is 13.1. The quantitative estimate of drug-likeness (QED) is 0.768. The molecule has 0 aromatic carbocycles. The molecule has 0 aliphatic heterocycles. The Bertz CT molecular complexity index is 311. The minimum Gasteiger partial charge on any atom is -0.312 e. The van der Waals surface area contributed by atoms with Gasteiger partial charge in [-0.05, 0) is 45.4 Å². The molecule has 0 atom stereocenters. The van der Waals surface area contributed by atoms with Crippen LogP contribution in [0, 0.1) is 5.41 Å². The van der Waals surface area contributed by atoms with Crippen LogP contribution in [0.2, 0.25) is 0 Å². The van der Waals surface area contributed by atoms with Crippen molar-refractivity contribution in [3.63, 3.8) is 0 Å². The molecule has 0 radical (unpaired) electrons. The van der Waals surface area contributed by atoms with E-state index in [9.17, 15) is 8.42 Å². The molecule has 0 unspecified atom stereocenters. The van der Waals surface area contributed by atoms with Gasteiger partial charge in [0.1, 0.15) is 9.84 Å². The maximum Gasteiger partial charge on any atom is 0.147 e. The van der Waals surface area contributed by atoms with E-state index in [2.05, 4.69) is 39.9 Å². The lowest BCUT2D eigenvalue weighted by molar-refractivity contribution is 0.214. The van der Waals surface area contributed by atoms with E-state index in [1.165, 1.54) is 6.26 Å². The van der Waals surface area contributed by atoms with E-state index >= 15 is 0 Å². The van der Waals surface area contributed by atoms with Crippen molar-refractivity contribution in [1.82, 2.24) is 5.32 Å². The lowest BCUT2D eigenvalue weighted by atomic mass is 9.79.